The second-order valence-electron chi connectivity index (χ2n) is 4.30. The number of rotatable bonds is 5. The SMILES string of the molecule is Cc1ocnc1Cn1cc(CNC(C)C)nn1. The molecule has 6 heteroatoms. The fourth-order valence-electron chi connectivity index (χ4n) is 1.44. The van der Waals surface area contributed by atoms with Crippen molar-refractivity contribution in [3.8, 4) is 0 Å². The van der Waals surface area contributed by atoms with Crippen LogP contribution in [0.4, 0.5) is 0 Å². The summed E-state index contributed by atoms with van der Waals surface area (Å²) in [7, 11) is 0. The molecule has 0 saturated carbocycles. The van der Waals surface area contributed by atoms with Gasteiger partial charge in [0, 0.05) is 12.6 Å². The Morgan fingerprint density at radius 1 is 1.47 bits per heavy atom. The standard InChI is InChI=1S/C11H17N5O/c1-8(2)12-4-10-5-16(15-14-10)6-11-9(3)17-7-13-11/h5,7-8,12H,4,6H2,1-3H3. The Morgan fingerprint density at radius 2 is 2.29 bits per heavy atom. The van der Waals surface area contributed by atoms with Gasteiger partial charge in [0.2, 0.25) is 0 Å². The van der Waals surface area contributed by atoms with Gasteiger partial charge in [0.15, 0.2) is 6.39 Å². The molecule has 92 valence electrons. The summed E-state index contributed by atoms with van der Waals surface area (Å²) < 4.78 is 6.90. The van der Waals surface area contributed by atoms with Gasteiger partial charge in [-0.3, -0.25) is 0 Å². The third-order valence-electron chi connectivity index (χ3n) is 2.43. The van der Waals surface area contributed by atoms with Crippen molar-refractivity contribution in [3.05, 3.63) is 29.7 Å². The number of hydrogen-bond donors (Lipinski definition) is 1. The van der Waals surface area contributed by atoms with Crippen molar-refractivity contribution in [2.24, 2.45) is 0 Å². The summed E-state index contributed by atoms with van der Waals surface area (Å²) in [5.41, 5.74) is 1.82. The van der Waals surface area contributed by atoms with Crippen molar-refractivity contribution in [1.29, 1.82) is 0 Å². The molecule has 0 aromatic carbocycles. The molecule has 2 aromatic rings. The molecule has 17 heavy (non-hydrogen) atoms. The zero-order valence-electron chi connectivity index (χ0n) is 10.3. The third-order valence-corrected chi connectivity index (χ3v) is 2.43. The first kappa shape index (κ1) is 11.8. The van der Waals surface area contributed by atoms with Crippen molar-refractivity contribution in [2.75, 3.05) is 0 Å². The van der Waals surface area contributed by atoms with Gasteiger partial charge < -0.3 is 9.73 Å². The van der Waals surface area contributed by atoms with Gasteiger partial charge in [-0.15, -0.1) is 5.10 Å². The number of aryl methyl sites for hydroxylation is 1. The molecule has 1 N–H and O–H groups in total. The number of oxazole rings is 1. The number of nitrogens with zero attached hydrogens (tertiary/aromatic N) is 4. The van der Waals surface area contributed by atoms with Crippen LogP contribution in [0, 0.1) is 6.92 Å². The Balaban J connectivity index is 1.97. The van der Waals surface area contributed by atoms with Crippen molar-refractivity contribution in [1.82, 2.24) is 25.3 Å². The second kappa shape index (κ2) is 5.09. The number of hydrogen-bond acceptors (Lipinski definition) is 5. The summed E-state index contributed by atoms with van der Waals surface area (Å²) in [6.07, 6.45) is 3.37. The van der Waals surface area contributed by atoms with E-state index in [9.17, 15) is 0 Å². The predicted molar refractivity (Wildman–Crippen MR) is 62.3 cm³/mol. The fraction of sp³-hybridized carbons (Fsp3) is 0.545. The lowest BCUT2D eigenvalue weighted by atomic mass is 10.3. The lowest BCUT2D eigenvalue weighted by Gasteiger charge is -2.04. The molecule has 0 amide bonds. The molecule has 0 bridgehead atoms. The highest BCUT2D eigenvalue weighted by molar-refractivity contribution is 5.05. The van der Waals surface area contributed by atoms with E-state index in [2.05, 4.69) is 34.5 Å². The Kier molecular flexibility index (Phi) is 3.53. The van der Waals surface area contributed by atoms with E-state index in [4.69, 9.17) is 4.42 Å². The molecule has 0 aliphatic heterocycles. The van der Waals surface area contributed by atoms with Crippen LogP contribution in [0.5, 0.6) is 0 Å². The van der Waals surface area contributed by atoms with Crippen molar-refractivity contribution >= 4 is 0 Å². The van der Waals surface area contributed by atoms with Gasteiger partial charge in [-0.05, 0) is 6.92 Å². The predicted octanol–water partition coefficient (Wildman–Crippen LogP) is 1.12. The minimum atomic E-state index is 0.443. The Hall–Kier alpha value is -1.69. The molecular formula is C11H17N5O. The van der Waals surface area contributed by atoms with E-state index in [-0.39, 0.29) is 0 Å². The van der Waals surface area contributed by atoms with E-state index in [0.717, 1.165) is 23.7 Å². The van der Waals surface area contributed by atoms with E-state index in [1.54, 1.807) is 4.68 Å². The largest absolute Gasteiger partial charge is 0.448 e. The highest BCUT2D eigenvalue weighted by atomic mass is 16.3. The van der Waals surface area contributed by atoms with E-state index >= 15 is 0 Å². The first-order valence-electron chi connectivity index (χ1n) is 5.66. The molecule has 0 unspecified atom stereocenters. The smallest absolute Gasteiger partial charge is 0.181 e. The minimum absolute atomic E-state index is 0.443. The van der Waals surface area contributed by atoms with Crippen molar-refractivity contribution in [2.45, 2.75) is 39.9 Å². The summed E-state index contributed by atoms with van der Waals surface area (Å²) in [6, 6.07) is 0.443. The van der Waals surface area contributed by atoms with E-state index in [1.165, 1.54) is 6.39 Å². The quantitative estimate of drug-likeness (QED) is 0.841. The number of aromatic nitrogens is 4. The van der Waals surface area contributed by atoms with Gasteiger partial charge in [-0.2, -0.15) is 0 Å². The van der Waals surface area contributed by atoms with Gasteiger partial charge in [0.05, 0.1) is 18.4 Å². The zero-order valence-corrected chi connectivity index (χ0v) is 10.3. The molecule has 0 radical (unpaired) electrons. The lowest BCUT2D eigenvalue weighted by molar-refractivity contribution is 0.521. The average Bonchev–Trinajstić information content (AvgIpc) is 2.87. The van der Waals surface area contributed by atoms with Gasteiger partial charge in [0.25, 0.3) is 0 Å². The molecule has 2 aromatic heterocycles. The Bertz CT molecular complexity index is 474. The van der Waals surface area contributed by atoms with Crippen molar-refractivity contribution in [3.63, 3.8) is 0 Å². The first-order chi connectivity index (χ1) is 8.15. The molecule has 6 nitrogen and oxygen atoms in total. The van der Waals surface area contributed by atoms with E-state index in [0.29, 0.717) is 12.6 Å². The normalized spacial score (nSPS) is 11.3. The maximum Gasteiger partial charge on any atom is 0.181 e. The monoisotopic (exact) mass is 235 g/mol. The summed E-state index contributed by atoms with van der Waals surface area (Å²) in [4.78, 5) is 4.12. The summed E-state index contributed by atoms with van der Waals surface area (Å²) in [5.74, 6) is 0.822. The van der Waals surface area contributed by atoms with Crippen LogP contribution in [-0.4, -0.2) is 26.0 Å². The maximum absolute atomic E-state index is 5.14. The highest BCUT2D eigenvalue weighted by Gasteiger charge is 2.06. The third kappa shape index (κ3) is 3.13. The van der Waals surface area contributed by atoms with Gasteiger partial charge >= 0.3 is 0 Å². The number of nitrogens with one attached hydrogen (secondary N) is 1. The summed E-state index contributed by atoms with van der Waals surface area (Å²) in [5, 5.41) is 11.4. The van der Waals surface area contributed by atoms with Gasteiger partial charge in [-0.1, -0.05) is 19.1 Å². The molecule has 2 rings (SSSR count). The molecule has 0 aliphatic carbocycles. The van der Waals surface area contributed by atoms with Gasteiger partial charge in [0.1, 0.15) is 11.5 Å². The fourth-order valence-corrected chi connectivity index (χ4v) is 1.44. The van der Waals surface area contributed by atoms with Crippen LogP contribution in [0.15, 0.2) is 17.0 Å². The maximum atomic E-state index is 5.14. The second-order valence-corrected chi connectivity index (χ2v) is 4.30. The van der Waals surface area contributed by atoms with E-state index < -0.39 is 0 Å². The Morgan fingerprint density at radius 3 is 2.94 bits per heavy atom. The molecule has 0 aliphatic rings. The van der Waals surface area contributed by atoms with Gasteiger partial charge in [-0.25, -0.2) is 9.67 Å². The topological polar surface area (TPSA) is 68.8 Å². The zero-order chi connectivity index (χ0) is 12.3. The van der Waals surface area contributed by atoms with Crippen LogP contribution in [0.2, 0.25) is 0 Å². The Labute approximate surface area is 100 Å². The summed E-state index contributed by atoms with van der Waals surface area (Å²) >= 11 is 0. The van der Waals surface area contributed by atoms with E-state index in [1.807, 2.05) is 13.1 Å². The average molecular weight is 235 g/mol. The summed E-state index contributed by atoms with van der Waals surface area (Å²) in [6.45, 7) is 7.42. The van der Waals surface area contributed by atoms with Crippen LogP contribution < -0.4 is 5.32 Å². The van der Waals surface area contributed by atoms with Crippen LogP contribution in [0.3, 0.4) is 0 Å². The van der Waals surface area contributed by atoms with Crippen molar-refractivity contribution < 1.29 is 4.42 Å². The van der Waals surface area contributed by atoms with Crippen LogP contribution in [0.1, 0.15) is 31.0 Å². The molecular weight excluding hydrogens is 218 g/mol. The molecule has 0 atom stereocenters. The first-order valence-corrected chi connectivity index (χ1v) is 5.66. The molecule has 0 spiro atoms. The lowest BCUT2D eigenvalue weighted by Crippen LogP contribution is -2.21. The molecule has 2 heterocycles. The highest BCUT2D eigenvalue weighted by Crippen LogP contribution is 2.06. The molecule has 0 fully saturated rings. The molecule has 0 saturated heterocycles. The van der Waals surface area contributed by atoms with Crippen LogP contribution in [-0.2, 0) is 13.1 Å². The minimum Gasteiger partial charge on any atom is -0.448 e. The van der Waals surface area contributed by atoms with Crippen LogP contribution in [0.25, 0.3) is 0 Å². The van der Waals surface area contributed by atoms with Crippen LogP contribution >= 0.6 is 0 Å².